The second kappa shape index (κ2) is 17.0. The van der Waals surface area contributed by atoms with Gasteiger partial charge in [-0.1, -0.05) is 0 Å². The molecule has 0 saturated carbocycles. The Bertz CT molecular complexity index is 444. The molecule has 2 aliphatic rings. The molecule has 0 aliphatic carbocycles. The summed E-state index contributed by atoms with van der Waals surface area (Å²) in [6, 6.07) is 0. The van der Waals surface area contributed by atoms with E-state index in [1.807, 2.05) is 0 Å². The molecule has 2 aliphatic heterocycles. The van der Waals surface area contributed by atoms with Gasteiger partial charge in [0.15, 0.2) is 0 Å². The fourth-order valence-electron chi connectivity index (χ4n) is 3.23. The minimum atomic E-state index is -0.446. The Labute approximate surface area is 184 Å². The molecule has 0 aromatic rings. The lowest BCUT2D eigenvalue weighted by Gasteiger charge is -2.26. The van der Waals surface area contributed by atoms with Crippen LogP contribution < -0.4 is 10.6 Å². The highest BCUT2D eigenvalue weighted by molar-refractivity contribution is 5.67. The van der Waals surface area contributed by atoms with Crippen LogP contribution >= 0.6 is 0 Å². The van der Waals surface area contributed by atoms with Crippen molar-refractivity contribution >= 4 is 12.2 Å². The average Bonchev–Trinajstić information content (AvgIpc) is 2.80. The smallest absolute Gasteiger partial charge is 0.407 e. The number of alkyl carbamates (subject to hydrolysis) is 2. The molecule has 2 heterocycles. The molecule has 0 radical (unpaired) electrons. The van der Waals surface area contributed by atoms with Crippen molar-refractivity contribution in [3.05, 3.63) is 0 Å². The predicted octanol–water partition coefficient (Wildman–Crippen LogP) is -0.1000. The number of carbonyl (C=O) groups is 2. The number of ether oxygens (including phenoxy) is 5. The van der Waals surface area contributed by atoms with Crippen LogP contribution in [0.2, 0.25) is 0 Å². The third-order valence-electron chi connectivity index (χ3n) is 4.97. The van der Waals surface area contributed by atoms with E-state index >= 15 is 0 Å². The summed E-state index contributed by atoms with van der Waals surface area (Å²) in [6.45, 7) is 10.8. The monoisotopic (exact) mass is 446 g/mol. The van der Waals surface area contributed by atoms with E-state index in [-0.39, 0.29) is 26.4 Å². The summed E-state index contributed by atoms with van der Waals surface area (Å²) in [7, 11) is 0. The topological polar surface area (TPSA) is 111 Å². The van der Waals surface area contributed by atoms with Gasteiger partial charge in [0.05, 0.1) is 39.6 Å². The zero-order valence-corrected chi connectivity index (χ0v) is 18.5. The van der Waals surface area contributed by atoms with Crippen LogP contribution in [0.3, 0.4) is 0 Å². The Morgan fingerprint density at radius 2 is 1.10 bits per heavy atom. The van der Waals surface area contributed by atoms with Crippen molar-refractivity contribution in [1.29, 1.82) is 0 Å². The van der Waals surface area contributed by atoms with E-state index in [2.05, 4.69) is 20.4 Å². The highest BCUT2D eigenvalue weighted by atomic mass is 16.6. The lowest BCUT2D eigenvalue weighted by molar-refractivity contribution is 0.0365. The van der Waals surface area contributed by atoms with Gasteiger partial charge in [0, 0.05) is 39.3 Å². The number of hydrogen-bond donors (Lipinski definition) is 2. The molecule has 2 amide bonds. The van der Waals surface area contributed by atoms with Crippen molar-refractivity contribution in [3.63, 3.8) is 0 Å². The Morgan fingerprint density at radius 1 is 0.677 bits per heavy atom. The van der Waals surface area contributed by atoms with Gasteiger partial charge in [-0.25, -0.2) is 9.59 Å². The summed E-state index contributed by atoms with van der Waals surface area (Å²) in [4.78, 5) is 27.8. The Balaban J connectivity index is 1.30. The molecule has 0 bridgehead atoms. The van der Waals surface area contributed by atoms with E-state index in [0.29, 0.717) is 13.1 Å². The van der Waals surface area contributed by atoms with E-state index in [9.17, 15) is 9.59 Å². The van der Waals surface area contributed by atoms with Crippen LogP contribution in [0.1, 0.15) is 12.8 Å². The van der Waals surface area contributed by atoms with Crippen molar-refractivity contribution in [1.82, 2.24) is 20.4 Å². The van der Waals surface area contributed by atoms with Gasteiger partial charge in [-0.05, 0) is 25.9 Å². The maximum atomic E-state index is 11.6. The maximum absolute atomic E-state index is 11.6. The van der Waals surface area contributed by atoms with Crippen molar-refractivity contribution in [2.45, 2.75) is 12.8 Å². The average molecular weight is 447 g/mol. The van der Waals surface area contributed by atoms with Gasteiger partial charge in [0.1, 0.15) is 13.2 Å². The molecule has 2 saturated heterocycles. The third kappa shape index (κ3) is 13.4. The van der Waals surface area contributed by atoms with Crippen LogP contribution in [0.4, 0.5) is 9.59 Å². The summed E-state index contributed by atoms with van der Waals surface area (Å²) >= 11 is 0. The standard InChI is InChI=1S/C20H38N4O7/c25-19(21-3-1-5-23-7-11-27-12-8-23)30-17-15-29-16-18-31-20(26)22-4-2-6-24-9-13-28-14-10-24/h1-18H2,(H,21,25)(H,22,26). The molecular weight excluding hydrogens is 408 g/mol. The molecule has 31 heavy (non-hydrogen) atoms. The van der Waals surface area contributed by atoms with Crippen LogP contribution in [-0.2, 0) is 23.7 Å². The summed E-state index contributed by atoms with van der Waals surface area (Å²) < 4.78 is 26.0. The minimum absolute atomic E-state index is 0.156. The lowest BCUT2D eigenvalue weighted by atomic mass is 10.3. The lowest BCUT2D eigenvalue weighted by Crippen LogP contribution is -2.38. The first-order valence-electron chi connectivity index (χ1n) is 11.2. The number of nitrogens with one attached hydrogen (secondary N) is 2. The van der Waals surface area contributed by atoms with E-state index in [1.54, 1.807) is 0 Å². The first kappa shape index (κ1) is 25.6. The first-order chi connectivity index (χ1) is 15.2. The van der Waals surface area contributed by atoms with Gasteiger partial charge >= 0.3 is 12.2 Å². The van der Waals surface area contributed by atoms with E-state index in [1.165, 1.54) is 0 Å². The number of nitrogens with zero attached hydrogens (tertiary/aromatic N) is 2. The predicted molar refractivity (Wildman–Crippen MR) is 113 cm³/mol. The number of amides is 2. The molecule has 180 valence electrons. The molecule has 2 rings (SSSR count). The molecule has 0 aromatic carbocycles. The van der Waals surface area contributed by atoms with Crippen molar-refractivity contribution < 1.29 is 33.3 Å². The quantitative estimate of drug-likeness (QED) is 0.353. The summed E-state index contributed by atoms with van der Waals surface area (Å²) in [5.74, 6) is 0. The fourth-order valence-corrected chi connectivity index (χ4v) is 3.23. The minimum Gasteiger partial charge on any atom is -0.447 e. The molecule has 0 aromatic heterocycles. The fraction of sp³-hybridized carbons (Fsp3) is 0.900. The van der Waals surface area contributed by atoms with Gasteiger partial charge in [0.2, 0.25) is 0 Å². The zero-order chi connectivity index (χ0) is 22.0. The van der Waals surface area contributed by atoms with Crippen molar-refractivity contribution in [2.75, 3.05) is 105 Å². The molecule has 0 spiro atoms. The zero-order valence-electron chi connectivity index (χ0n) is 18.5. The van der Waals surface area contributed by atoms with Crippen molar-refractivity contribution in [2.24, 2.45) is 0 Å². The van der Waals surface area contributed by atoms with Crippen LogP contribution in [0.15, 0.2) is 0 Å². The van der Waals surface area contributed by atoms with E-state index < -0.39 is 12.2 Å². The molecule has 11 nitrogen and oxygen atoms in total. The summed E-state index contributed by atoms with van der Waals surface area (Å²) in [5.41, 5.74) is 0. The number of morpholine rings is 2. The van der Waals surface area contributed by atoms with Gasteiger partial charge < -0.3 is 34.3 Å². The molecular formula is C20H38N4O7. The maximum Gasteiger partial charge on any atom is 0.407 e. The second-order valence-electron chi connectivity index (χ2n) is 7.35. The molecule has 2 N–H and O–H groups in total. The van der Waals surface area contributed by atoms with Crippen LogP contribution in [0.5, 0.6) is 0 Å². The Kier molecular flexibility index (Phi) is 14.0. The van der Waals surface area contributed by atoms with Crippen LogP contribution in [0, 0.1) is 0 Å². The van der Waals surface area contributed by atoms with Crippen LogP contribution in [-0.4, -0.2) is 127 Å². The number of hydrogen-bond acceptors (Lipinski definition) is 9. The summed E-state index contributed by atoms with van der Waals surface area (Å²) in [5, 5.41) is 5.45. The van der Waals surface area contributed by atoms with Gasteiger partial charge in [-0.15, -0.1) is 0 Å². The number of carbonyl (C=O) groups excluding carboxylic acids is 2. The van der Waals surface area contributed by atoms with Crippen molar-refractivity contribution in [3.8, 4) is 0 Å². The highest BCUT2D eigenvalue weighted by Gasteiger charge is 2.11. The normalized spacial score (nSPS) is 17.8. The highest BCUT2D eigenvalue weighted by Crippen LogP contribution is 1.98. The van der Waals surface area contributed by atoms with Gasteiger partial charge in [-0.2, -0.15) is 0 Å². The molecule has 0 atom stereocenters. The Morgan fingerprint density at radius 3 is 1.52 bits per heavy atom. The second-order valence-corrected chi connectivity index (χ2v) is 7.35. The van der Waals surface area contributed by atoms with Gasteiger partial charge in [-0.3, -0.25) is 9.80 Å². The molecule has 2 fully saturated rings. The largest absolute Gasteiger partial charge is 0.447 e. The van der Waals surface area contributed by atoms with Crippen LogP contribution in [0.25, 0.3) is 0 Å². The number of rotatable bonds is 14. The third-order valence-corrected chi connectivity index (χ3v) is 4.97. The van der Waals surface area contributed by atoms with E-state index in [0.717, 1.165) is 78.5 Å². The first-order valence-corrected chi connectivity index (χ1v) is 11.2. The Hall–Kier alpha value is -1.66. The summed E-state index contributed by atoms with van der Waals surface area (Å²) in [6.07, 6.45) is 0.854. The van der Waals surface area contributed by atoms with Gasteiger partial charge in [0.25, 0.3) is 0 Å². The molecule has 11 heteroatoms. The SMILES string of the molecule is O=C(NCCCN1CCOCC1)OCCOCCOC(=O)NCCCN1CCOCC1. The van der Waals surface area contributed by atoms with E-state index in [4.69, 9.17) is 23.7 Å². The molecule has 0 unspecified atom stereocenters.